The number of ketones is 1. The van der Waals surface area contributed by atoms with Crippen LogP contribution in [0.1, 0.15) is 41.5 Å². The second-order valence-electron chi connectivity index (χ2n) is 6.36. The number of hydrogen-bond donors (Lipinski definition) is 2. The predicted octanol–water partition coefficient (Wildman–Crippen LogP) is 3.08. The van der Waals surface area contributed by atoms with Crippen LogP contribution in [0.4, 0.5) is 5.69 Å². The van der Waals surface area contributed by atoms with Crippen LogP contribution in [0.3, 0.4) is 0 Å². The van der Waals surface area contributed by atoms with Gasteiger partial charge in [-0.3, -0.25) is 9.59 Å². The highest BCUT2D eigenvalue weighted by Gasteiger charge is 2.15. The minimum absolute atomic E-state index is 0.0502. The largest absolute Gasteiger partial charge is 0.322 e. The number of rotatable bonds is 7. The molecule has 7 heteroatoms. The lowest BCUT2D eigenvalue weighted by Gasteiger charge is -2.10. The maximum atomic E-state index is 12.3. The number of anilines is 1. The zero-order chi connectivity index (χ0) is 19.3. The summed E-state index contributed by atoms with van der Waals surface area (Å²) in [5.41, 5.74) is 1.45. The van der Waals surface area contributed by atoms with E-state index >= 15 is 0 Å². The van der Waals surface area contributed by atoms with Crippen molar-refractivity contribution in [1.82, 2.24) is 4.72 Å². The Bertz CT molecular complexity index is 886. The van der Waals surface area contributed by atoms with Crippen LogP contribution in [0.25, 0.3) is 0 Å². The van der Waals surface area contributed by atoms with Crippen LogP contribution < -0.4 is 10.0 Å². The van der Waals surface area contributed by atoms with E-state index in [4.69, 9.17) is 0 Å². The maximum Gasteiger partial charge on any atom is 0.255 e. The fourth-order valence-corrected chi connectivity index (χ4v) is 3.35. The van der Waals surface area contributed by atoms with Crippen LogP contribution in [-0.4, -0.2) is 26.7 Å². The Hall–Kier alpha value is -2.51. The van der Waals surface area contributed by atoms with Gasteiger partial charge in [-0.25, -0.2) is 13.1 Å². The minimum Gasteiger partial charge on any atom is -0.322 e. The summed E-state index contributed by atoms with van der Waals surface area (Å²) in [5, 5.41) is 2.71. The standard InChI is InChI=1S/C19H22N2O4S/c1-13(2)12-20-26(24,25)18-10-6-16(7-11-18)19(23)21-17-8-4-15(5-9-17)14(3)22/h4-11,13,20H,12H2,1-3H3,(H,21,23). The summed E-state index contributed by atoms with van der Waals surface area (Å²) in [6, 6.07) is 12.3. The fraction of sp³-hybridized carbons (Fsp3) is 0.263. The summed E-state index contributed by atoms with van der Waals surface area (Å²) in [6.45, 7) is 5.65. The maximum absolute atomic E-state index is 12.3. The summed E-state index contributed by atoms with van der Waals surface area (Å²) < 4.78 is 26.8. The lowest BCUT2D eigenvalue weighted by atomic mass is 10.1. The third-order valence-electron chi connectivity index (χ3n) is 3.66. The zero-order valence-corrected chi connectivity index (χ0v) is 15.8. The summed E-state index contributed by atoms with van der Waals surface area (Å²) >= 11 is 0. The molecule has 0 aliphatic rings. The molecule has 0 aliphatic heterocycles. The third-order valence-corrected chi connectivity index (χ3v) is 5.10. The molecule has 2 aromatic rings. The highest BCUT2D eigenvalue weighted by atomic mass is 32.2. The van der Waals surface area contributed by atoms with Gasteiger partial charge in [-0.2, -0.15) is 0 Å². The molecule has 0 unspecified atom stereocenters. The zero-order valence-electron chi connectivity index (χ0n) is 14.9. The van der Waals surface area contributed by atoms with E-state index in [0.29, 0.717) is 23.4 Å². The van der Waals surface area contributed by atoms with Crippen LogP contribution in [0.2, 0.25) is 0 Å². The second kappa shape index (κ2) is 8.25. The number of sulfonamides is 1. The number of Topliss-reactive ketones (excluding diaryl/α,β-unsaturated/α-hetero) is 1. The van der Waals surface area contributed by atoms with Crippen LogP contribution in [0, 0.1) is 5.92 Å². The Labute approximate surface area is 153 Å². The van der Waals surface area contributed by atoms with Crippen LogP contribution in [0.5, 0.6) is 0 Å². The van der Waals surface area contributed by atoms with Crippen LogP contribution in [0.15, 0.2) is 53.4 Å². The first-order chi connectivity index (χ1) is 12.2. The predicted molar refractivity (Wildman–Crippen MR) is 101 cm³/mol. The molecule has 0 heterocycles. The molecule has 0 saturated heterocycles. The van der Waals surface area contributed by atoms with Gasteiger partial charge in [0.05, 0.1) is 4.90 Å². The minimum atomic E-state index is -3.58. The van der Waals surface area contributed by atoms with Crippen molar-refractivity contribution in [3.05, 3.63) is 59.7 Å². The molecule has 0 fully saturated rings. The van der Waals surface area contributed by atoms with Gasteiger partial charge in [0.1, 0.15) is 0 Å². The van der Waals surface area contributed by atoms with Crippen LogP contribution in [-0.2, 0) is 10.0 Å². The van der Waals surface area contributed by atoms with E-state index in [0.717, 1.165) is 0 Å². The Kier molecular flexibility index (Phi) is 6.28. The van der Waals surface area contributed by atoms with E-state index in [1.54, 1.807) is 24.3 Å². The third kappa shape index (κ3) is 5.24. The molecule has 26 heavy (non-hydrogen) atoms. The van der Waals surface area contributed by atoms with E-state index in [9.17, 15) is 18.0 Å². The number of amides is 1. The van der Waals surface area contributed by atoms with Gasteiger partial charge >= 0.3 is 0 Å². The van der Waals surface area contributed by atoms with Crippen molar-refractivity contribution in [2.24, 2.45) is 5.92 Å². The molecule has 2 N–H and O–H groups in total. The highest BCUT2D eigenvalue weighted by Crippen LogP contribution is 2.14. The monoisotopic (exact) mass is 374 g/mol. The smallest absolute Gasteiger partial charge is 0.255 e. The quantitative estimate of drug-likeness (QED) is 0.729. The van der Waals surface area contributed by atoms with Gasteiger partial charge in [0.15, 0.2) is 5.78 Å². The molecule has 2 rings (SSSR count). The van der Waals surface area contributed by atoms with Crippen molar-refractivity contribution >= 4 is 27.4 Å². The van der Waals surface area contributed by atoms with Crippen LogP contribution >= 0.6 is 0 Å². The fourth-order valence-electron chi connectivity index (χ4n) is 2.14. The molecule has 0 saturated carbocycles. The van der Waals surface area contributed by atoms with E-state index in [-0.39, 0.29) is 22.5 Å². The molecule has 0 aromatic heterocycles. The first-order valence-corrected chi connectivity index (χ1v) is 9.69. The lowest BCUT2D eigenvalue weighted by molar-refractivity contribution is 0.101. The van der Waals surface area contributed by atoms with Gasteiger partial charge in [0, 0.05) is 23.4 Å². The van der Waals surface area contributed by atoms with Gasteiger partial charge in [-0.05, 0) is 61.4 Å². The topological polar surface area (TPSA) is 92.3 Å². The number of carbonyl (C=O) groups excluding carboxylic acids is 2. The van der Waals surface area contributed by atoms with E-state index in [1.807, 2.05) is 13.8 Å². The van der Waals surface area contributed by atoms with Crippen molar-refractivity contribution in [2.45, 2.75) is 25.7 Å². The summed E-state index contributed by atoms with van der Waals surface area (Å²) in [6.07, 6.45) is 0. The van der Waals surface area contributed by atoms with Gasteiger partial charge in [-0.15, -0.1) is 0 Å². The van der Waals surface area contributed by atoms with Crippen molar-refractivity contribution in [3.63, 3.8) is 0 Å². The number of benzene rings is 2. The average molecular weight is 374 g/mol. The van der Waals surface area contributed by atoms with Crippen molar-refractivity contribution in [2.75, 3.05) is 11.9 Å². The summed E-state index contributed by atoms with van der Waals surface area (Å²) in [5.74, 6) is -0.213. The second-order valence-corrected chi connectivity index (χ2v) is 8.12. The molecule has 0 bridgehead atoms. The molecule has 1 amide bonds. The molecule has 2 aromatic carbocycles. The first-order valence-electron chi connectivity index (χ1n) is 8.21. The van der Waals surface area contributed by atoms with Gasteiger partial charge in [-0.1, -0.05) is 13.8 Å². The molecule has 6 nitrogen and oxygen atoms in total. The Morgan fingerprint density at radius 3 is 1.96 bits per heavy atom. The van der Waals surface area contributed by atoms with E-state index in [2.05, 4.69) is 10.0 Å². The van der Waals surface area contributed by atoms with Gasteiger partial charge in [0.2, 0.25) is 10.0 Å². The molecule has 0 spiro atoms. The highest BCUT2D eigenvalue weighted by molar-refractivity contribution is 7.89. The van der Waals surface area contributed by atoms with Gasteiger partial charge < -0.3 is 5.32 Å². The Morgan fingerprint density at radius 1 is 0.923 bits per heavy atom. The lowest BCUT2D eigenvalue weighted by Crippen LogP contribution is -2.27. The van der Waals surface area contributed by atoms with Gasteiger partial charge in [0.25, 0.3) is 5.91 Å². The van der Waals surface area contributed by atoms with E-state index < -0.39 is 10.0 Å². The van der Waals surface area contributed by atoms with Crippen molar-refractivity contribution in [1.29, 1.82) is 0 Å². The first kappa shape index (κ1) is 19.8. The molecular formula is C19H22N2O4S. The van der Waals surface area contributed by atoms with E-state index in [1.165, 1.54) is 31.2 Å². The molecule has 0 atom stereocenters. The Balaban J connectivity index is 2.07. The van der Waals surface area contributed by atoms with Crippen molar-refractivity contribution in [3.8, 4) is 0 Å². The number of hydrogen-bond acceptors (Lipinski definition) is 4. The molecule has 0 aliphatic carbocycles. The summed E-state index contributed by atoms with van der Waals surface area (Å²) in [7, 11) is -3.58. The van der Waals surface area contributed by atoms with Crippen molar-refractivity contribution < 1.29 is 18.0 Å². The normalized spacial score (nSPS) is 11.4. The Morgan fingerprint density at radius 2 is 1.46 bits per heavy atom. The summed E-state index contributed by atoms with van der Waals surface area (Å²) in [4.78, 5) is 23.6. The average Bonchev–Trinajstić information content (AvgIpc) is 2.60. The molecular weight excluding hydrogens is 352 g/mol. The molecule has 138 valence electrons. The number of carbonyl (C=O) groups is 2. The number of nitrogens with one attached hydrogen (secondary N) is 2. The SMILES string of the molecule is CC(=O)c1ccc(NC(=O)c2ccc(S(=O)(=O)NCC(C)C)cc2)cc1. The molecule has 0 radical (unpaired) electrons.